The zero-order valence-corrected chi connectivity index (χ0v) is 12.3. The Hall–Kier alpha value is -0.810. The van der Waals surface area contributed by atoms with Crippen LogP contribution < -0.4 is 5.73 Å². The zero-order valence-electron chi connectivity index (χ0n) is 11.5. The molecule has 0 aromatic heterocycles. The van der Waals surface area contributed by atoms with E-state index in [1.807, 2.05) is 11.8 Å². The first-order valence-electron chi connectivity index (χ1n) is 6.97. The van der Waals surface area contributed by atoms with Crippen LogP contribution in [0.3, 0.4) is 0 Å². The highest BCUT2D eigenvalue weighted by Crippen LogP contribution is 2.22. The highest BCUT2D eigenvalue weighted by molar-refractivity contribution is 5.88. The Bertz CT molecular complexity index is 338. The van der Waals surface area contributed by atoms with Crippen LogP contribution in [0.4, 0.5) is 0 Å². The first-order valence-corrected chi connectivity index (χ1v) is 6.97. The zero-order chi connectivity index (χ0) is 13.1. The number of nitrogens with two attached hydrogens (primary N) is 1. The van der Waals surface area contributed by atoms with Crippen molar-refractivity contribution in [3.63, 3.8) is 0 Å². The number of amides is 2. The lowest BCUT2D eigenvalue weighted by molar-refractivity contribution is -0.143. The molecular formula is C13H24ClN3O2. The fraction of sp³-hybridized carbons (Fsp3) is 0.846. The second kappa shape index (κ2) is 7.10. The van der Waals surface area contributed by atoms with Gasteiger partial charge >= 0.3 is 0 Å². The third-order valence-electron chi connectivity index (χ3n) is 3.86. The first-order chi connectivity index (χ1) is 8.63. The van der Waals surface area contributed by atoms with Gasteiger partial charge in [0.05, 0.1) is 0 Å². The Morgan fingerprint density at radius 1 is 1.26 bits per heavy atom. The fourth-order valence-electron chi connectivity index (χ4n) is 2.88. The topological polar surface area (TPSA) is 66.6 Å². The summed E-state index contributed by atoms with van der Waals surface area (Å²) in [5, 5.41) is 0. The van der Waals surface area contributed by atoms with Gasteiger partial charge in [0, 0.05) is 32.1 Å². The molecule has 5 nitrogen and oxygen atoms in total. The van der Waals surface area contributed by atoms with Gasteiger partial charge in [0.1, 0.15) is 6.04 Å². The van der Waals surface area contributed by atoms with Crippen molar-refractivity contribution >= 4 is 24.2 Å². The van der Waals surface area contributed by atoms with Crippen molar-refractivity contribution in [1.82, 2.24) is 9.80 Å². The number of hydrogen-bond acceptors (Lipinski definition) is 3. The number of hydrogen-bond donors (Lipinski definition) is 1. The largest absolute Gasteiger partial charge is 0.339 e. The maximum atomic E-state index is 12.4. The molecule has 0 aromatic carbocycles. The van der Waals surface area contributed by atoms with Gasteiger partial charge in [0.15, 0.2) is 0 Å². The average molecular weight is 290 g/mol. The molecule has 0 bridgehead atoms. The molecule has 2 heterocycles. The summed E-state index contributed by atoms with van der Waals surface area (Å²) in [6, 6.07) is -0.121. The van der Waals surface area contributed by atoms with Gasteiger partial charge in [-0.05, 0) is 25.7 Å². The molecule has 2 saturated heterocycles. The second-order valence-corrected chi connectivity index (χ2v) is 5.33. The highest BCUT2D eigenvalue weighted by Gasteiger charge is 2.37. The van der Waals surface area contributed by atoms with E-state index < -0.39 is 0 Å². The lowest BCUT2D eigenvalue weighted by Gasteiger charge is -2.27. The normalized spacial score (nSPS) is 26.4. The maximum Gasteiger partial charge on any atom is 0.245 e. The number of carbonyl (C=O) groups excluding carboxylic acids is 2. The van der Waals surface area contributed by atoms with E-state index in [9.17, 15) is 9.59 Å². The van der Waals surface area contributed by atoms with Crippen molar-refractivity contribution in [3.05, 3.63) is 0 Å². The Kier molecular flexibility index (Phi) is 6.07. The predicted octanol–water partition coefficient (Wildman–Crippen LogP) is 0.759. The molecule has 2 aliphatic heterocycles. The summed E-state index contributed by atoms with van der Waals surface area (Å²) in [5.41, 5.74) is 5.83. The lowest BCUT2D eigenvalue weighted by Crippen LogP contribution is -2.47. The van der Waals surface area contributed by atoms with Crippen LogP contribution in [0.1, 0.15) is 39.0 Å². The van der Waals surface area contributed by atoms with E-state index in [1.54, 1.807) is 4.90 Å². The van der Waals surface area contributed by atoms with E-state index in [4.69, 9.17) is 5.73 Å². The van der Waals surface area contributed by atoms with E-state index in [1.165, 1.54) is 0 Å². The quantitative estimate of drug-likeness (QED) is 0.834. The summed E-state index contributed by atoms with van der Waals surface area (Å²) in [6.07, 6.45) is 4.00. The predicted molar refractivity (Wildman–Crippen MR) is 76.1 cm³/mol. The summed E-state index contributed by atoms with van der Waals surface area (Å²) in [4.78, 5) is 28.0. The number of rotatable bonds is 3. The molecule has 2 aliphatic rings. The van der Waals surface area contributed by atoms with E-state index in [0.717, 1.165) is 38.8 Å². The highest BCUT2D eigenvalue weighted by atomic mass is 35.5. The van der Waals surface area contributed by atoms with E-state index in [2.05, 4.69) is 0 Å². The minimum Gasteiger partial charge on any atom is -0.339 e. The molecule has 2 amide bonds. The minimum absolute atomic E-state index is 0. The smallest absolute Gasteiger partial charge is 0.245 e. The van der Waals surface area contributed by atoms with Crippen molar-refractivity contribution in [3.8, 4) is 0 Å². The number of likely N-dealkylation sites (tertiary alicyclic amines) is 2. The monoisotopic (exact) mass is 289 g/mol. The third kappa shape index (κ3) is 3.60. The van der Waals surface area contributed by atoms with Gasteiger partial charge in [-0.3, -0.25) is 9.59 Å². The molecule has 0 radical (unpaired) electrons. The van der Waals surface area contributed by atoms with Crippen LogP contribution in [0, 0.1) is 0 Å². The fourth-order valence-corrected chi connectivity index (χ4v) is 2.88. The molecule has 2 N–H and O–H groups in total. The van der Waals surface area contributed by atoms with E-state index in [0.29, 0.717) is 13.0 Å². The van der Waals surface area contributed by atoms with Crippen LogP contribution in [0.25, 0.3) is 0 Å². The molecule has 0 saturated carbocycles. The standard InChI is InChI=1S/C13H23N3O2.ClH/c1-2-4-12(17)16-7-3-5-11(16)13(18)15-8-6-10(14)9-15;/h10-11H,2-9,14H2,1H3;1H/t10-,11?;/m1./s1. The van der Waals surface area contributed by atoms with Crippen molar-refractivity contribution in [1.29, 1.82) is 0 Å². The van der Waals surface area contributed by atoms with Crippen molar-refractivity contribution in [2.24, 2.45) is 5.73 Å². The summed E-state index contributed by atoms with van der Waals surface area (Å²) >= 11 is 0. The van der Waals surface area contributed by atoms with Crippen LogP contribution in [0.5, 0.6) is 0 Å². The third-order valence-corrected chi connectivity index (χ3v) is 3.86. The molecule has 0 aliphatic carbocycles. The Morgan fingerprint density at radius 3 is 2.58 bits per heavy atom. The minimum atomic E-state index is -0.227. The molecule has 0 aromatic rings. The molecule has 0 spiro atoms. The number of halogens is 1. The van der Waals surface area contributed by atoms with Gasteiger partial charge < -0.3 is 15.5 Å². The van der Waals surface area contributed by atoms with Crippen LogP contribution in [-0.2, 0) is 9.59 Å². The Labute approximate surface area is 120 Å². The van der Waals surface area contributed by atoms with Crippen LogP contribution in [-0.4, -0.2) is 53.3 Å². The Morgan fingerprint density at radius 2 is 2.00 bits per heavy atom. The van der Waals surface area contributed by atoms with Gasteiger partial charge in [-0.25, -0.2) is 0 Å². The first kappa shape index (κ1) is 16.2. The van der Waals surface area contributed by atoms with E-state index in [-0.39, 0.29) is 36.3 Å². The SMILES string of the molecule is CCCC(=O)N1CCCC1C(=O)N1CC[C@@H](N)C1.Cl. The number of nitrogens with zero attached hydrogens (tertiary/aromatic N) is 2. The Balaban J connectivity index is 0.00000180. The lowest BCUT2D eigenvalue weighted by atomic mass is 10.2. The number of carbonyl (C=O) groups is 2. The van der Waals surface area contributed by atoms with Crippen molar-refractivity contribution in [2.75, 3.05) is 19.6 Å². The molecule has 2 rings (SSSR count). The van der Waals surface area contributed by atoms with Crippen LogP contribution >= 0.6 is 12.4 Å². The summed E-state index contributed by atoms with van der Waals surface area (Å²) in [7, 11) is 0. The molecular weight excluding hydrogens is 266 g/mol. The van der Waals surface area contributed by atoms with Gasteiger partial charge in [-0.2, -0.15) is 0 Å². The molecule has 19 heavy (non-hydrogen) atoms. The molecule has 6 heteroatoms. The molecule has 1 unspecified atom stereocenters. The summed E-state index contributed by atoms with van der Waals surface area (Å²) in [5.74, 6) is 0.224. The maximum absolute atomic E-state index is 12.4. The van der Waals surface area contributed by atoms with Gasteiger partial charge in [-0.15, -0.1) is 12.4 Å². The van der Waals surface area contributed by atoms with Gasteiger partial charge in [-0.1, -0.05) is 6.92 Å². The molecule has 110 valence electrons. The van der Waals surface area contributed by atoms with Gasteiger partial charge in [0.25, 0.3) is 0 Å². The summed E-state index contributed by atoms with van der Waals surface area (Å²) in [6.45, 7) is 4.11. The average Bonchev–Trinajstić information content (AvgIpc) is 2.96. The molecule has 2 fully saturated rings. The van der Waals surface area contributed by atoms with E-state index >= 15 is 0 Å². The molecule has 2 atom stereocenters. The van der Waals surface area contributed by atoms with Crippen molar-refractivity contribution < 1.29 is 9.59 Å². The van der Waals surface area contributed by atoms with Crippen LogP contribution in [0.2, 0.25) is 0 Å². The van der Waals surface area contributed by atoms with Gasteiger partial charge in [0.2, 0.25) is 11.8 Å². The van der Waals surface area contributed by atoms with Crippen LogP contribution in [0.15, 0.2) is 0 Å². The van der Waals surface area contributed by atoms with Crippen molar-refractivity contribution in [2.45, 2.75) is 51.1 Å². The summed E-state index contributed by atoms with van der Waals surface area (Å²) < 4.78 is 0. The second-order valence-electron chi connectivity index (χ2n) is 5.33.